The number of rotatable bonds is 6. The van der Waals surface area contributed by atoms with E-state index in [-0.39, 0.29) is 11.9 Å². The van der Waals surface area contributed by atoms with Gasteiger partial charge in [0.1, 0.15) is 0 Å². The number of hydrogen-bond acceptors (Lipinski definition) is 1. The molecule has 0 aliphatic heterocycles. The van der Waals surface area contributed by atoms with Crippen LogP contribution in [-0.4, -0.2) is 23.9 Å². The maximum absolute atomic E-state index is 12.2. The van der Waals surface area contributed by atoms with E-state index in [4.69, 9.17) is 0 Å². The molecule has 0 aromatic carbocycles. The molecular weight excluding hydrogens is 210 g/mol. The van der Waals surface area contributed by atoms with Crippen LogP contribution < -0.4 is 0 Å². The molecule has 0 aromatic rings. The van der Waals surface area contributed by atoms with Gasteiger partial charge in [0.25, 0.3) is 5.91 Å². The third-order valence-corrected chi connectivity index (χ3v) is 2.58. The molecule has 0 spiro atoms. The zero-order valence-electron chi connectivity index (χ0n) is 10.9. The lowest BCUT2D eigenvalue weighted by Crippen LogP contribution is -2.34. The summed E-state index contributed by atoms with van der Waals surface area (Å²) in [5, 5.41) is 0. The molecule has 0 rings (SSSR count). The van der Waals surface area contributed by atoms with Crippen LogP contribution in [0, 0.1) is 0 Å². The number of nitrogens with zero attached hydrogens (tertiary/aromatic N) is 1. The van der Waals surface area contributed by atoms with Crippen molar-refractivity contribution in [3.8, 4) is 0 Å². The normalized spacial score (nSPS) is 13.8. The first-order valence-electron chi connectivity index (χ1n) is 5.55. The average molecular weight is 231 g/mol. The van der Waals surface area contributed by atoms with Gasteiger partial charge in [-0.1, -0.05) is 43.5 Å². The summed E-state index contributed by atoms with van der Waals surface area (Å²) in [5.41, 5.74) is 1.32. The van der Waals surface area contributed by atoms with Gasteiger partial charge in [0.15, 0.2) is 0 Å². The van der Waals surface area contributed by atoms with Crippen molar-refractivity contribution < 1.29 is 4.79 Å². The third kappa shape index (κ3) is 3.91. The van der Waals surface area contributed by atoms with Crippen LogP contribution in [-0.2, 0) is 4.79 Å². The van der Waals surface area contributed by atoms with Crippen molar-refractivity contribution in [3.63, 3.8) is 0 Å². The highest BCUT2D eigenvalue weighted by Crippen LogP contribution is 2.13. The quantitative estimate of drug-likeness (QED) is 0.390. The Hall–Kier alpha value is -1.83. The average Bonchev–Trinajstić information content (AvgIpc) is 2.36. The van der Waals surface area contributed by atoms with Gasteiger partial charge < -0.3 is 4.90 Å². The van der Waals surface area contributed by atoms with E-state index in [9.17, 15) is 4.79 Å². The second-order valence-electron chi connectivity index (χ2n) is 3.67. The molecule has 1 unspecified atom stereocenters. The molecule has 0 heterocycles. The first-order valence-corrected chi connectivity index (χ1v) is 5.55. The van der Waals surface area contributed by atoms with Crippen molar-refractivity contribution >= 4 is 5.91 Å². The molecule has 1 amide bonds. The molecule has 0 aliphatic rings. The van der Waals surface area contributed by atoms with E-state index < -0.39 is 0 Å². The van der Waals surface area contributed by atoms with Gasteiger partial charge in [-0.25, -0.2) is 0 Å². The van der Waals surface area contributed by atoms with Gasteiger partial charge in [0.05, 0.1) is 0 Å². The lowest BCUT2D eigenvalue weighted by Gasteiger charge is -2.23. The standard InChI is InChI=1S/C15H21NO/c1-7-11-13(9-3)14(10-4)15(17)16(6)12(5)8-2/h7-12H,2-4H2,1,5-6H3/b11-7-,14-13+. The van der Waals surface area contributed by atoms with Gasteiger partial charge in [0, 0.05) is 18.7 Å². The summed E-state index contributed by atoms with van der Waals surface area (Å²) in [5.74, 6) is -0.0830. The highest BCUT2D eigenvalue weighted by atomic mass is 16.2. The number of amides is 1. The van der Waals surface area contributed by atoms with Crippen molar-refractivity contribution in [2.75, 3.05) is 7.05 Å². The Balaban J connectivity index is 5.39. The summed E-state index contributed by atoms with van der Waals surface area (Å²) in [4.78, 5) is 13.8. The second kappa shape index (κ2) is 7.44. The van der Waals surface area contributed by atoms with Crippen LogP contribution in [0.5, 0.6) is 0 Å². The fraction of sp³-hybridized carbons (Fsp3) is 0.267. The van der Waals surface area contributed by atoms with Crippen LogP contribution in [0.4, 0.5) is 0 Å². The minimum atomic E-state index is -0.0830. The fourth-order valence-electron chi connectivity index (χ4n) is 1.31. The Morgan fingerprint density at radius 3 is 2.18 bits per heavy atom. The van der Waals surface area contributed by atoms with Gasteiger partial charge in [-0.2, -0.15) is 0 Å². The van der Waals surface area contributed by atoms with Crippen LogP contribution in [0.2, 0.25) is 0 Å². The van der Waals surface area contributed by atoms with Gasteiger partial charge in [-0.15, -0.1) is 6.58 Å². The first-order chi connectivity index (χ1) is 8.03. The largest absolute Gasteiger partial charge is 0.336 e. The Morgan fingerprint density at radius 2 is 1.82 bits per heavy atom. The molecule has 2 heteroatoms. The first kappa shape index (κ1) is 15.2. The highest BCUT2D eigenvalue weighted by molar-refractivity contribution is 5.98. The summed E-state index contributed by atoms with van der Waals surface area (Å²) in [6, 6.07) is -0.0193. The summed E-state index contributed by atoms with van der Waals surface area (Å²) in [7, 11) is 1.74. The molecule has 0 N–H and O–H groups in total. The predicted molar refractivity (Wildman–Crippen MR) is 74.7 cm³/mol. The molecule has 0 saturated heterocycles. The number of carbonyl (C=O) groups is 1. The van der Waals surface area contributed by atoms with E-state index in [0.717, 1.165) is 5.57 Å². The SMILES string of the molecule is C=CC(/C=C\C)=C(/C=C)C(=O)N(C)C(C)C=C. The van der Waals surface area contributed by atoms with Crippen LogP contribution >= 0.6 is 0 Å². The fourth-order valence-corrected chi connectivity index (χ4v) is 1.31. The monoisotopic (exact) mass is 231 g/mol. The predicted octanol–water partition coefficient (Wildman–Crippen LogP) is 3.26. The molecule has 17 heavy (non-hydrogen) atoms. The maximum Gasteiger partial charge on any atom is 0.254 e. The minimum absolute atomic E-state index is 0.0193. The lowest BCUT2D eigenvalue weighted by atomic mass is 10.1. The van der Waals surface area contributed by atoms with Gasteiger partial charge in [0.2, 0.25) is 0 Å². The Morgan fingerprint density at radius 1 is 1.24 bits per heavy atom. The van der Waals surface area contributed by atoms with Crippen molar-refractivity contribution in [1.29, 1.82) is 0 Å². The van der Waals surface area contributed by atoms with E-state index in [2.05, 4.69) is 19.7 Å². The molecule has 0 aromatic heterocycles. The van der Waals surface area contributed by atoms with Crippen molar-refractivity contribution in [2.45, 2.75) is 19.9 Å². The summed E-state index contributed by atoms with van der Waals surface area (Å²) in [6.07, 6.45) is 8.65. The molecule has 0 saturated carbocycles. The van der Waals surface area contributed by atoms with Crippen LogP contribution in [0.1, 0.15) is 13.8 Å². The topological polar surface area (TPSA) is 20.3 Å². The zero-order valence-corrected chi connectivity index (χ0v) is 10.9. The molecule has 0 fully saturated rings. The summed E-state index contributed by atoms with van der Waals surface area (Å²) in [6.45, 7) is 14.9. The van der Waals surface area contributed by atoms with Crippen LogP contribution in [0.15, 0.2) is 61.3 Å². The molecule has 0 aliphatic carbocycles. The maximum atomic E-state index is 12.2. The molecule has 0 bridgehead atoms. The summed E-state index contributed by atoms with van der Waals surface area (Å²) < 4.78 is 0. The smallest absolute Gasteiger partial charge is 0.254 e. The number of carbonyl (C=O) groups excluding carboxylic acids is 1. The lowest BCUT2D eigenvalue weighted by molar-refractivity contribution is -0.126. The number of hydrogen-bond donors (Lipinski definition) is 0. The van der Waals surface area contributed by atoms with E-state index in [0.29, 0.717) is 5.57 Å². The van der Waals surface area contributed by atoms with E-state index >= 15 is 0 Å². The third-order valence-electron chi connectivity index (χ3n) is 2.58. The van der Waals surface area contributed by atoms with E-state index in [1.165, 1.54) is 0 Å². The Bertz CT molecular complexity index is 374. The molecule has 0 radical (unpaired) electrons. The molecule has 2 nitrogen and oxygen atoms in total. The van der Waals surface area contributed by atoms with Crippen LogP contribution in [0.25, 0.3) is 0 Å². The van der Waals surface area contributed by atoms with Gasteiger partial charge in [-0.05, 0) is 19.4 Å². The van der Waals surface area contributed by atoms with Crippen molar-refractivity contribution in [1.82, 2.24) is 4.90 Å². The number of allylic oxidation sites excluding steroid dienone is 4. The highest BCUT2D eigenvalue weighted by Gasteiger charge is 2.17. The second-order valence-corrected chi connectivity index (χ2v) is 3.67. The van der Waals surface area contributed by atoms with Crippen LogP contribution in [0.3, 0.4) is 0 Å². The van der Waals surface area contributed by atoms with Crippen molar-refractivity contribution in [2.24, 2.45) is 0 Å². The molecular formula is C15H21NO. The summed E-state index contributed by atoms with van der Waals surface area (Å²) >= 11 is 0. The Kier molecular flexibility index (Phi) is 6.64. The number of likely N-dealkylation sites (N-methyl/N-ethyl adjacent to an activating group) is 1. The van der Waals surface area contributed by atoms with Gasteiger partial charge in [-0.3, -0.25) is 4.79 Å². The zero-order chi connectivity index (χ0) is 13.4. The van der Waals surface area contributed by atoms with E-state index in [1.807, 2.05) is 26.0 Å². The minimum Gasteiger partial charge on any atom is -0.336 e. The van der Waals surface area contributed by atoms with Crippen molar-refractivity contribution in [3.05, 3.63) is 61.3 Å². The van der Waals surface area contributed by atoms with E-state index in [1.54, 1.807) is 30.2 Å². The van der Waals surface area contributed by atoms with Gasteiger partial charge >= 0.3 is 0 Å². The Labute approximate surface area is 104 Å². The molecule has 92 valence electrons. The molecule has 1 atom stereocenters.